The number of carbonyl (C=O) groups is 2. The van der Waals surface area contributed by atoms with Gasteiger partial charge in [0.05, 0.1) is 17.4 Å². The van der Waals surface area contributed by atoms with Gasteiger partial charge in [-0.1, -0.05) is 17.7 Å². The van der Waals surface area contributed by atoms with Gasteiger partial charge in [-0.2, -0.15) is 0 Å². The standard InChI is InChI=1S/C19H17N3O6S/c1-11-4-5-15(12(2)8-11)21(13(3)23)19-20-14(10-29-19)9-27-18(24)16-6-7-17(28-16)22(25)26/h4-8,10H,9H2,1-3H3. The third-order valence-corrected chi connectivity index (χ3v) is 4.84. The summed E-state index contributed by atoms with van der Waals surface area (Å²) in [6.07, 6.45) is 0. The second-order valence-electron chi connectivity index (χ2n) is 6.24. The van der Waals surface area contributed by atoms with E-state index in [4.69, 9.17) is 9.15 Å². The highest BCUT2D eigenvalue weighted by Gasteiger charge is 2.21. The molecular weight excluding hydrogens is 398 g/mol. The number of thiazole rings is 1. The van der Waals surface area contributed by atoms with Crippen LogP contribution in [0.2, 0.25) is 0 Å². The maximum Gasteiger partial charge on any atom is 0.433 e. The molecule has 2 aromatic heterocycles. The topological polar surface area (TPSA) is 116 Å². The van der Waals surface area contributed by atoms with E-state index in [0.717, 1.165) is 22.9 Å². The number of benzene rings is 1. The quantitative estimate of drug-likeness (QED) is 0.335. The van der Waals surface area contributed by atoms with E-state index in [0.29, 0.717) is 10.8 Å². The van der Waals surface area contributed by atoms with E-state index >= 15 is 0 Å². The van der Waals surface area contributed by atoms with Gasteiger partial charge in [0, 0.05) is 12.3 Å². The van der Waals surface area contributed by atoms with Crippen molar-refractivity contribution in [2.45, 2.75) is 27.4 Å². The second kappa shape index (κ2) is 8.23. The first kappa shape index (κ1) is 20.2. The van der Waals surface area contributed by atoms with Crippen LogP contribution in [0.15, 0.2) is 40.1 Å². The molecule has 0 saturated carbocycles. The molecule has 1 amide bonds. The molecule has 0 aliphatic heterocycles. The lowest BCUT2D eigenvalue weighted by molar-refractivity contribution is -0.402. The molecule has 150 valence electrons. The summed E-state index contributed by atoms with van der Waals surface area (Å²) in [7, 11) is 0. The number of carbonyl (C=O) groups excluding carboxylic acids is 2. The Bertz CT molecular complexity index is 1090. The highest BCUT2D eigenvalue weighted by atomic mass is 32.1. The van der Waals surface area contributed by atoms with Crippen LogP contribution < -0.4 is 4.90 Å². The zero-order chi connectivity index (χ0) is 21.1. The number of rotatable bonds is 6. The van der Waals surface area contributed by atoms with E-state index in [9.17, 15) is 19.7 Å². The number of ether oxygens (including phenoxy) is 1. The van der Waals surface area contributed by atoms with Crippen molar-refractivity contribution in [2.24, 2.45) is 0 Å². The molecule has 3 aromatic rings. The molecule has 0 bridgehead atoms. The minimum atomic E-state index is -0.842. The van der Waals surface area contributed by atoms with Gasteiger partial charge < -0.3 is 9.15 Å². The lowest BCUT2D eigenvalue weighted by atomic mass is 10.1. The minimum absolute atomic E-state index is 0.164. The van der Waals surface area contributed by atoms with Crippen LogP contribution in [0.1, 0.15) is 34.3 Å². The number of hydrogen-bond donors (Lipinski definition) is 0. The summed E-state index contributed by atoms with van der Waals surface area (Å²) in [4.78, 5) is 40.0. The van der Waals surface area contributed by atoms with Gasteiger partial charge in [-0.15, -0.1) is 11.3 Å². The van der Waals surface area contributed by atoms with Crippen LogP contribution >= 0.6 is 11.3 Å². The zero-order valence-corrected chi connectivity index (χ0v) is 16.7. The van der Waals surface area contributed by atoms with E-state index in [1.54, 1.807) is 5.38 Å². The minimum Gasteiger partial charge on any atom is -0.453 e. The Balaban J connectivity index is 1.73. The lowest BCUT2D eigenvalue weighted by Gasteiger charge is -2.20. The summed E-state index contributed by atoms with van der Waals surface area (Å²) >= 11 is 1.24. The van der Waals surface area contributed by atoms with E-state index in [1.165, 1.54) is 29.2 Å². The Morgan fingerprint density at radius 3 is 2.66 bits per heavy atom. The number of hydrogen-bond acceptors (Lipinski definition) is 8. The molecule has 10 heteroatoms. The van der Waals surface area contributed by atoms with Gasteiger partial charge in [-0.25, -0.2) is 9.78 Å². The van der Waals surface area contributed by atoms with E-state index in [-0.39, 0.29) is 18.3 Å². The number of aryl methyl sites for hydroxylation is 2. The maximum absolute atomic E-state index is 12.2. The largest absolute Gasteiger partial charge is 0.453 e. The molecule has 3 rings (SSSR count). The molecular formula is C19H17N3O6S. The molecule has 0 unspecified atom stereocenters. The van der Waals surface area contributed by atoms with Gasteiger partial charge in [-0.05, 0) is 31.5 Å². The number of nitrogens with zero attached hydrogens (tertiary/aromatic N) is 3. The van der Waals surface area contributed by atoms with Crippen molar-refractivity contribution in [3.8, 4) is 0 Å². The Morgan fingerprint density at radius 1 is 1.28 bits per heavy atom. The van der Waals surface area contributed by atoms with Crippen molar-refractivity contribution in [1.82, 2.24) is 4.98 Å². The molecule has 0 aliphatic carbocycles. The van der Waals surface area contributed by atoms with Crippen LogP contribution in [-0.4, -0.2) is 21.8 Å². The monoisotopic (exact) mass is 415 g/mol. The van der Waals surface area contributed by atoms with Crippen LogP contribution in [0, 0.1) is 24.0 Å². The van der Waals surface area contributed by atoms with Gasteiger partial charge >= 0.3 is 11.9 Å². The molecule has 0 N–H and O–H groups in total. The van der Waals surface area contributed by atoms with Gasteiger partial charge in [0.25, 0.3) is 0 Å². The number of amides is 1. The molecule has 29 heavy (non-hydrogen) atoms. The fourth-order valence-corrected chi connectivity index (χ4v) is 3.54. The van der Waals surface area contributed by atoms with Gasteiger partial charge in [0.2, 0.25) is 11.7 Å². The number of furan rings is 1. The lowest BCUT2D eigenvalue weighted by Crippen LogP contribution is -2.23. The molecule has 0 aliphatic rings. The Labute approximate surface area is 169 Å². The molecule has 9 nitrogen and oxygen atoms in total. The normalized spacial score (nSPS) is 10.6. The van der Waals surface area contributed by atoms with Gasteiger partial charge in [-0.3, -0.25) is 19.8 Å². The van der Waals surface area contributed by atoms with Crippen molar-refractivity contribution >= 4 is 39.9 Å². The third-order valence-electron chi connectivity index (χ3n) is 3.96. The van der Waals surface area contributed by atoms with Crippen molar-refractivity contribution in [1.29, 1.82) is 0 Å². The highest BCUT2D eigenvalue weighted by molar-refractivity contribution is 7.14. The summed E-state index contributed by atoms with van der Waals surface area (Å²) in [5, 5.41) is 12.7. The first-order chi connectivity index (χ1) is 13.8. The first-order valence-corrected chi connectivity index (χ1v) is 9.38. The first-order valence-electron chi connectivity index (χ1n) is 8.50. The summed E-state index contributed by atoms with van der Waals surface area (Å²) < 4.78 is 9.90. The van der Waals surface area contributed by atoms with Crippen LogP contribution in [-0.2, 0) is 16.1 Å². The summed E-state index contributed by atoms with van der Waals surface area (Å²) in [6, 6.07) is 8.00. The SMILES string of the molecule is CC(=O)N(c1nc(COC(=O)c2ccc([N+](=O)[O-])o2)cs1)c1ccc(C)cc1C. The predicted molar refractivity (Wildman–Crippen MR) is 105 cm³/mol. The fourth-order valence-electron chi connectivity index (χ4n) is 2.68. The summed E-state index contributed by atoms with van der Waals surface area (Å²) in [6.45, 7) is 5.17. The Morgan fingerprint density at radius 2 is 2.03 bits per heavy atom. The molecule has 0 atom stereocenters. The zero-order valence-electron chi connectivity index (χ0n) is 15.9. The third kappa shape index (κ3) is 4.49. The highest BCUT2D eigenvalue weighted by Crippen LogP contribution is 2.32. The summed E-state index contributed by atoms with van der Waals surface area (Å²) in [5.41, 5.74) is 3.18. The molecule has 0 fully saturated rings. The van der Waals surface area contributed by atoms with E-state index < -0.39 is 16.8 Å². The van der Waals surface area contributed by atoms with Crippen LogP contribution in [0.5, 0.6) is 0 Å². The van der Waals surface area contributed by atoms with Crippen molar-refractivity contribution in [3.05, 3.63) is 68.4 Å². The van der Waals surface area contributed by atoms with Crippen molar-refractivity contribution < 1.29 is 23.7 Å². The van der Waals surface area contributed by atoms with Gasteiger partial charge in [0.1, 0.15) is 11.5 Å². The molecule has 0 saturated heterocycles. The molecule has 1 aromatic carbocycles. The second-order valence-corrected chi connectivity index (χ2v) is 7.07. The average molecular weight is 415 g/mol. The number of nitro groups is 1. The van der Waals surface area contributed by atoms with Crippen molar-refractivity contribution in [3.63, 3.8) is 0 Å². The Kier molecular flexibility index (Phi) is 5.74. The van der Waals surface area contributed by atoms with Crippen LogP contribution in [0.3, 0.4) is 0 Å². The van der Waals surface area contributed by atoms with E-state index in [1.807, 2.05) is 32.0 Å². The van der Waals surface area contributed by atoms with Crippen LogP contribution in [0.4, 0.5) is 16.7 Å². The van der Waals surface area contributed by atoms with Crippen molar-refractivity contribution in [2.75, 3.05) is 4.90 Å². The fraction of sp³-hybridized carbons (Fsp3) is 0.211. The average Bonchev–Trinajstić information content (AvgIpc) is 3.31. The number of aromatic nitrogens is 1. The number of esters is 1. The smallest absolute Gasteiger partial charge is 0.433 e. The van der Waals surface area contributed by atoms with Gasteiger partial charge in [0.15, 0.2) is 5.13 Å². The molecule has 2 heterocycles. The summed E-state index contributed by atoms with van der Waals surface area (Å²) in [5.74, 6) is -1.85. The Hall–Kier alpha value is -3.53. The van der Waals surface area contributed by atoms with E-state index in [2.05, 4.69) is 4.98 Å². The molecule has 0 radical (unpaired) electrons. The molecule has 0 spiro atoms. The predicted octanol–water partition coefficient (Wildman–Crippen LogP) is 4.30. The maximum atomic E-state index is 12.2. The van der Waals surface area contributed by atoms with Crippen LogP contribution in [0.25, 0.3) is 0 Å². The number of anilines is 2.